The minimum absolute atomic E-state index is 0.0105. The molecule has 0 aliphatic rings. The number of nitrogens with two attached hydrogens (primary N) is 1. The Morgan fingerprint density at radius 2 is 1.88 bits per heavy atom. The van der Waals surface area contributed by atoms with Gasteiger partial charge in [0.2, 0.25) is 5.91 Å². The third kappa shape index (κ3) is 4.69. The van der Waals surface area contributed by atoms with E-state index < -0.39 is 5.91 Å². The van der Waals surface area contributed by atoms with Crippen molar-refractivity contribution in [3.8, 4) is 0 Å². The molecule has 4 rings (SSSR count). The molecule has 0 atom stereocenters. The van der Waals surface area contributed by atoms with E-state index in [1.807, 2.05) is 18.2 Å². The molecule has 0 saturated carbocycles. The molecule has 0 radical (unpaired) electrons. The number of rotatable bonds is 7. The second-order valence-electron chi connectivity index (χ2n) is 6.76. The van der Waals surface area contributed by atoms with Gasteiger partial charge in [-0.1, -0.05) is 53.7 Å². The molecule has 2 aromatic heterocycles. The van der Waals surface area contributed by atoms with Crippen molar-refractivity contribution in [2.45, 2.75) is 11.7 Å². The van der Waals surface area contributed by atoms with Crippen molar-refractivity contribution < 1.29 is 9.59 Å². The molecule has 0 aliphatic heterocycles. The van der Waals surface area contributed by atoms with Crippen molar-refractivity contribution in [2.24, 2.45) is 5.73 Å². The molecule has 10 heteroatoms. The van der Waals surface area contributed by atoms with E-state index in [2.05, 4.69) is 10.3 Å². The largest absolute Gasteiger partial charge is 0.366 e. The lowest BCUT2D eigenvalue weighted by molar-refractivity contribution is -0.113. The lowest BCUT2D eigenvalue weighted by Gasteiger charge is -2.14. The van der Waals surface area contributed by atoms with Crippen LogP contribution in [0.2, 0.25) is 5.02 Å². The maximum absolute atomic E-state index is 13.2. The number of thioether (sulfide) groups is 1. The molecular formula is C22H17ClN4O3S2. The van der Waals surface area contributed by atoms with Crippen LogP contribution in [0.15, 0.2) is 69.9 Å². The Bertz CT molecular complexity index is 1380. The number of hydrogen-bond donors (Lipinski definition) is 2. The Kier molecular flexibility index (Phi) is 6.59. The van der Waals surface area contributed by atoms with Crippen LogP contribution in [-0.2, 0) is 11.3 Å². The van der Waals surface area contributed by atoms with Gasteiger partial charge in [-0.25, -0.2) is 4.98 Å². The third-order valence-electron chi connectivity index (χ3n) is 4.63. The Morgan fingerprint density at radius 1 is 1.12 bits per heavy atom. The van der Waals surface area contributed by atoms with Gasteiger partial charge in [0.05, 0.1) is 28.8 Å². The van der Waals surface area contributed by atoms with E-state index in [0.29, 0.717) is 26.1 Å². The van der Waals surface area contributed by atoms with Gasteiger partial charge in [-0.05, 0) is 35.2 Å². The van der Waals surface area contributed by atoms with Gasteiger partial charge in [-0.15, -0.1) is 11.3 Å². The number of halogens is 1. The average Bonchev–Trinajstić information content (AvgIpc) is 3.24. The molecule has 2 heterocycles. The van der Waals surface area contributed by atoms with Crippen molar-refractivity contribution >= 4 is 62.4 Å². The van der Waals surface area contributed by atoms with E-state index in [4.69, 9.17) is 17.3 Å². The van der Waals surface area contributed by atoms with Crippen LogP contribution < -0.4 is 16.6 Å². The SMILES string of the molecule is NC(=O)c1ccsc1NC(=O)CSc1nc2ccccc2c(=O)n1Cc1ccccc1Cl. The summed E-state index contributed by atoms with van der Waals surface area (Å²) >= 11 is 8.64. The topological polar surface area (TPSA) is 107 Å². The van der Waals surface area contributed by atoms with Crippen LogP contribution in [0, 0.1) is 0 Å². The fourth-order valence-electron chi connectivity index (χ4n) is 3.09. The highest BCUT2D eigenvalue weighted by Gasteiger charge is 2.16. The summed E-state index contributed by atoms with van der Waals surface area (Å²) in [5, 5.41) is 6.18. The highest BCUT2D eigenvalue weighted by atomic mass is 35.5. The van der Waals surface area contributed by atoms with E-state index in [-0.39, 0.29) is 29.3 Å². The molecular weight excluding hydrogens is 468 g/mol. The number of carbonyl (C=O) groups excluding carboxylic acids is 2. The summed E-state index contributed by atoms with van der Waals surface area (Å²) in [6.45, 7) is 0.219. The number of hydrogen-bond acceptors (Lipinski definition) is 6. The summed E-state index contributed by atoms with van der Waals surface area (Å²) < 4.78 is 1.52. The summed E-state index contributed by atoms with van der Waals surface area (Å²) in [5.41, 5.74) is 6.68. The first kappa shape index (κ1) is 22.1. The lowest BCUT2D eigenvalue weighted by atomic mass is 10.2. The van der Waals surface area contributed by atoms with Gasteiger partial charge in [0.15, 0.2) is 5.16 Å². The van der Waals surface area contributed by atoms with Gasteiger partial charge >= 0.3 is 0 Å². The minimum atomic E-state index is -0.612. The van der Waals surface area contributed by atoms with Gasteiger partial charge in [-0.2, -0.15) is 0 Å². The van der Waals surface area contributed by atoms with E-state index >= 15 is 0 Å². The minimum Gasteiger partial charge on any atom is -0.366 e. The molecule has 2 amide bonds. The highest BCUT2D eigenvalue weighted by molar-refractivity contribution is 7.99. The van der Waals surface area contributed by atoms with Gasteiger partial charge in [0.1, 0.15) is 5.00 Å². The van der Waals surface area contributed by atoms with E-state index in [1.54, 1.807) is 41.8 Å². The molecule has 0 saturated heterocycles. The predicted octanol–water partition coefficient (Wildman–Crippen LogP) is 3.99. The number of thiophene rings is 1. The molecule has 0 aliphatic carbocycles. The Morgan fingerprint density at radius 3 is 2.66 bits per heavy atom. The van der Waals surface area contributed by atoms with Gasteiger partial charge in [-0.3, -0.25) is 19.0 Å². The van der Waals surface area contributed by atoms with Crippen molar-refractivity contribution in [3.63, 3.8) is 0 Å². The monoisotopic (exact) mass is 484 g/mol. The van der Waals surface area contributed by atoms with Gasteiger partial charge in [0.25, 0.3) is 11.5 Å². The van der Waals surface area contributed by atoms with Crippen LogP contribution in [0.5, 0.6) is 0 Å². The fraction of sp³-hybridized carbons (Fsp3) is 0.0909. The second kappa shape index (κ2) is 9.56. The normalized spacial score (nSPS) is 10.9. The summed E-state index contributed by atoms with van der Waals surface area (Å²) in [5.74, 6) is -0.964. The number of fused-ring (bicyclic) bond motifs is 1. The number of carbonyl (C=O) groups is 2. The molecule has 2 aromatic carbocycles. The second-order valence-corrected chi connectivity index (χ2v) is 9.02. The number of amides is 2. The van der Waals surface area contributed by atoms with Crippen LogP contribution in [0.1, 0.15) is 15.9 Å². The van der Waals surface area contributed by atoms with Crippen LogP contribution in [0.3, 0.4) is 0 Å². The van der Waals surface area contributed by atoms with Gasteiger partial charge in [0, 0.05) is 5.02 Å². The zero-order valence-corrected chi connectivity index (χ0v) is 19.0. The van der Waals surface area contributed by atoms with Crippen molar-refractivity contribution in [1.82, 2.24) is 9.55 Å². The summed E-state index contributed by atoms with van der Waals surface area (Å²) in [6.07, 6.45) is 0. The van der Waals surface area contributed by atoms with E-state index in [0.717, 1.165) is 17.3 Å². The highest BCUT2D eigenvalue weighted by Crippen LogP contribution is 2.25. The van der Waals surface area contributed by atoms with Crippen molar-refractivity contribution in [1.29, 1.82) is 0 Å². The fourth-order valence-corrected chi connectivity index (χ4v) is 4.89. The smallest absolute Gasteiger partial charge is 0.262 e. The molecule has 0 bridgehead atoms. The molecule has 4 aromatic rings. The molecule has 162 valence electrons. The number of aromatic nitrogens is 2. The maximum atomic E-state index is 13.2. The van der Waals surface area contributed by atoms with Gasteiger partial charge < -0.3 is 11.1 Å². The number of primary amides is 1. The molecule has 32 heavy (non-hydrogen) atoms. The lowest BCUT2D eigenvalue weighted by Crippen LogP contribution is -2.25. The first-order chi connectivity index (χ1) is 15.4. The van der Waals surface area contributed by atoms with Crippen molar-refractivity contribution in [2.75, 3.05) is 11.1 Å². The third-order valence-corrected chi connectivity index (χ3v) is 6.80. The number of anilines is 1. The summed E-state index contributed by atoms with van der Waals surface area (Å²) in [6, 6.07) is 15.9. The summed E-state index contributed by atoms with van der Waals surface area (Å²) in [7, 11) is 0. The quantitative estimate of drug-likeness (QED) is 0.304. The number of nitrogens with one attached hydrogen (secondary N) is 1. The first-order valence-corrected chi connectivity index (χ1v) is 11.7. The van der Waals surface area contributed by atoms with E-state index in [9.17, 15) is 14.4 Å². The molecule has 0 unspecified atom stereocenters. The zero-order chi connectivity index (χ0) is 22.7. The van der Waals surface area contributed by atoms with Crippen LogP contribution in [0.4, 0.5) is 5.00 Å². The number of benzene rings is 2. The predicted molar refractivity (Wildman–Crippen MR) is 129 cm³/mol. The van der Waals surface area contributed by atoms with E-state index in [1.165, 1.54) is 15.9 Å². The first-order valence-electron chi connectivity index (χ1n) is 9.47. The van der Waals surface area contributed by atoms with Crippen molar-refractivity contribution in [3.05, 3.63) is 86.5 Å². The number of nitrogens with zero attached hydrogens (tertiary/aromatic N) is 2. The zero-order valence-electron chi connectivity index (χ0n) is 16.6. The molecule has 3 N–H and O–H groups in total. The van der Waals surface area contributed by atoms with Crippen LogP contribution in [-0.4, -0.2) is 27.1 Å². The van der Waals surface area contributed by atoms with Crippen LogP contribution >= 0.6 is 34.7 Å². The Balaban J connectivity index is 1.63. The Hall–Kier alpha value is -3.14. The molecule has 7 nitrogen and oxygen atoms in total. The van der Waals surface area contributed by atoms with Crippen LogP contribution in [0.25, 0.3) is 10.9 Å². The Labute approximate surface area is 196 Å². The standard InChI is InChI=1S/C22H17ClN4O3S2/c23-16-7-3-1-5-13(16)11-27-21(30)14-6-2-4-8-17(14)25-22(27)32-12-18(28)26-20-15(19(24)29)9-10-31-20/h1-10H,11-12H2,(H2,24,29)(H,26,28). The summed E-state index contributed by atoms with van der Waals surface area (Å²) in [4.78, 5) is 41.8. The average molecular weight is 485 g/mol. The molecule has 0 fully saturated rings. The maximum Gasteiger partial charge on any atom is 0.262 e. The number of para-hydroxylation sites is 1. The molecule has 0 spiro atoms.